The number of phenols is 1. The number of hydrogen-bond acceptors (Lipinski definition) is 3. The lowest BCUT2D eigenvalue weighted by Gasteiger charge is -2.00. The Balaban J connectivity index is 3.20. The molecule has 1 aromatic rings. The van der Waals surface area contributed by atoms with Crippen LogP contribution >= 0.6 is 0 Å². The van der Waals surface area contributed by atoms with Crippen molar-refractivity contribution in [2.45, 2.75) is 0 Å². The second-order valence-electron chi connectivity index (χ2n) is 2.15. The third-order valence-corrected chi connectivity index (χ3v) is 2.01. The van der Waals surface area contributed by atoms with Crippen molar-refractivity contribution in [2.75, 3.05) is 0 Å². The van der Waals surface area contributed by atoms with Gasteiger partial charge < -0.3 is 15.0 Å². The number of hydrogen-bond donors (Lipinski definition) is 3. The lowest BCUT2D eigenvalue weighted by atomic mass is 10.2. The molecule has 0 saturated carbocycles. The van der Waals surface area contributed by atoms with Gasteiger partial charge in [0.1, 0.15) is 5.75 Å². The van der Waals surface area contributed by atoms with Crippen LogP contribution in [0.1, 0.15) is 10.4 Å². The molecule has 0 aliphatic heterocycles. The van der Waals surface area contributed by atoms with Gasteiger partial charge in [0.05, 0.1) is 5.56 Å². The molecule has 0 bridgehead atoms. The zero-order valence-electron chi connectivity index (χ0n) is 5.98. The van der Waals surface area contributed by atoms with Gasteiger partial charge in [-0.05, 0) is 23.4 Å². The van der Waals surface area contributed by atoms with Crippen molar-refractivity contribution in [1.82, 2.24) is 0 Å². The molecule has 0 unspecified atom stereocenters. The Kier molecular flexibility index (Phi) is 2.46. The number of carboxylic acid groups (broad SMARTS) is 1. The van der Waals surface area contributed by atoms with Crippen LogP contribution in [0.2, 0.25) is 0 Å². The van der Waals surface area contributed by atoms with E-state index < -0.39 is 15.7 Å². The fourth-order valence-electron chi connectivity index (χ4n) is 0.811. The smallest absolute Gasteiger partial charge is 0.335 e. The van der Waals surface area contributed by atoms with Crippen LogP contribution in [-0.2, 0) is 0 Å². The van der Waals surface area contributed by atoms with Crippen molar-refractivity contribution in [3.05, 3.63) is 23.8 Å². The van der Waals surface area contributed by atoms with E-state index in [0.29, 0.717) is 0 Å². The minimum absolute atomic E-state index is 0.0219. The van der Waals surface area contributed by atoms with Crippen molar-refractivity contribution in [3.8, 4) is 5.75 Å². The summed E-state index contributed by atoms with van der Waals surface area (Å²) >= 11 is 0. The number of aromatic carboxylic acids is 1. The Hall–Kier alpha value is -1.33. The lowest BCUT2D eigenvalue weighted by Crippen LogP contribution is -2.21. The summed E-state index contributed by atoms with van der Waals surface area (Å²) in [5.41, 5.74) is 0.0219. The molecule has 1 rings (SSSR count). The molecule has 0 heterocycles. The Morgan fingerprint density at radius 1 is 1.42 bits per heavy atom. The first-order chi connectivity index (χ1) is 5.65. The molecule has 2 radical (unpaired) electrons. The second kappa shape index (κ2) is 3.38. The van der Waals surface area contributed by atoms with Crippen LogP contribution in [0.5, 0.6) is 5.75 Å². The first-order valence-electron chi connectivity index (χ1n) is 3.11. The quantitative estimate of drug-likeness (QED) is 0.530. The molecule has 0 aliphatic rings. The van der Waals surface area contributed by atoms with Gasteiger partial charge >= 0.3 is 5.97 Å². The molecule has 0 spiro atoms. The Morgan fingerprint density at radius 2 is 2.08 bits per heavy atom. The summed E-state index contributed by atoms with van der Waals surface area (Å²) in [4.78, 5) is 19.2. The Labute approximate surface area is 71.0 Å². The number of carboxylic acids is 1. The highest BCUT2D eigenvalue weighted by atomic mass is 28.2. The minimum Gasteiger partial charge on any atom is -0.508 e. The standard InChI is InChI=1S/C7H6O4Si/c8-4-1-2-5(7(9)10)6(3-4)12-11/h1-3,8,11H,(H,9,10). The predicted octanol–water partition coefficient (Wildman–Crippen LogP) is -0.673. The van der Waals surface area contributed by atoms with Crippen LogP contribution < -0.4 is 5.19 Å². The molecule has 0 fully saturated rings. The average molecular weight is 182 g/mol. The second-order valence-corrected chi connectivity index (χ2v) is 2.91. The van der Waals surface area contributed by atoms with Crippen molar-refractivity contribution in [1.29, 1.82) is 0 Å². The van der Waals surface area contributed by atoms with E-state index in [9.17, 15) is 4.79 Å². The molecule has 62 valence electrons. The molecule has 4 nitrogen and oxygen atoms in total. The molecular formula is C7H6O4Si. The summed E-state index contributed by atoms with van der Waals surface area (Å²) in [6.07, 6.45) is 0. The maximum absolute atomic E-state index is 10.5. The van der Waals surface area contributed by atoms with Gasteiger partial charge in [-0.3, -0.25) is 0 Å². The molecule has 0 aromatic heterocycles. The maximum atomic E-state index is 10.5. The topological polar surface area (TPSA) is 77.8 Å². The first kappa shape index (κ1) is 8.76. The molecule has 5 heteroatoms. The van der Waals surface area contributed by atoms with Crippen LogP contribution in [0.15, 0.2) is 18.2 Å². The highest BCUT2D eigenvalue weighted by molar-refractivity contribution is 6.48. The molecule has 0 atom stereocenters. The number of rotatable bonds is 2. The van der Waals surface area contributed by atoms with Crippen LogP contribution in [0.4, 0.5) is 0 Å². The van der Waals surface area contributed by atoms with Gasteiger partial charge in [0, 0.05) is 0 Å². The van der Waals surface area contributed by atoms with Gasteiger partial charge in [-0.2, -0.15) is 0 Å². The van der Waals surface area contributed by atoms with Crippen molar-refractivity contribution in [3.63, 3.8) is 0 Å². The number of carbonyl (C=O) groups is 1. The summed E-state index contributed by atoms with van der Waals surface area (Å²) in [7, 11) is -0.623. The van der Waals surface area contributed by atoms with Crippen LogP contribution in [-0.4, -0.2) is 30.7 Å². The van der Waals surface area contributed by atoms with E-state index in [4.69, 9.17) is 15.0 Å². The summed E-state index contributed by atoms with van der Waals surface area (Å²) < 4.78 is 0. The SMILES string of the molecule is O=C(O)c1ccc(O)cc1[Si]O. The normalized spacial score (nSPS) is 9.75. The summed E-state index contributed by atoms with van der Waals surface area (Å²) in [6.45, 7) is 0. The highest BCUT2D eigenvalue weighted by Gasteiger charge is 2.10. The third kappa shape index (κ3) is 1.63. The van der Waals surface area contributed by atoms with Crippen molar-refractivity contribution in [2.24, 2.45) is 0 Å². The third-order valence-electron chi connectivity index (χ3n) is 1.35. The van der Waals surface area contributed by atoms with E-state index >= 15 is 0 Å². The van der Waals surface area contributed by atoms with Gasteiger partial charge in [0.25, 0.3) is 9.76 Å². The van der Waals surface area contributed by atoms with Gasteiger partial charge in [-0.25, -0.2) is 4.79 Å². The highest BCUT2D eigenvalue weighted by Crippen LogP contribution is 2.06. The molecule has 12 heavy (non-hydrogen) atoms. The fourth-order valence-corrected chi connectivity index (χ4v) is 1.33. The molecular weight excluding hydrogens is 176 g/mol. The van der Waals surface area contributed by atoms with E-state index in [1.54, 1.807) is 0 Å². The van der Waals surface area contributed by atoms with Gasteiger partial charge in [-0.1, -0.05) is 0 Å². The summed E-state index contributed by atoms with van der Waals surface area (Å²) in [5, 5.41) is 17.8. The molecule has 3 N–H and O–H groups in total. The van der Waals surface area contributed by atoms with Crippen LogP contribution in [0.3, 0.4) is 0 Å². The van der Waals surface area contributed by atoms with Gasteiger partial charge in [-0.15, -0.1) is 0 Å². The molecule has 1 aromatic carbocycles. The van der Waals surface area contributed by atoms with E-state index in [0.717, 1.165) is 0 Å². The fraction of sp³-hybridized carbons (Fsp3) is 0. The van der Waals surface area contributed by atoms with Gasteiger partial charge in [0.15, 0.2) is 0 Å². The Morgan fingerprint density at radius 3 is 2.58 bits per heavy atom. The first-order valence-corrected chi connectivity index (χ1v) is 4.06. The number of benzene rings is 1. The Bertz CT molecular complexity index is 310. The summed E-state index contributed by atoms with van der Waals surface area (Å²) in [6, 6.07) is 3.77. The van der Waals surface area contributed by atoms with Crippen LogP contribution in [0.25, 0.3) is 0 Å². The predicted molar refractivity (Wildman–Crippen MR) is 42.7 cm³/mol. The monoisotopic (exact) mass is 182 g/mol. The van der Waals surface area contributed by atoms with Gasteiger partial charge in [0.2, 0.25) is 0 Å². The molecule has 0 saturated heterocycles. The lowest BCUT2D eigenvalue weighted by molar-refractivity contribution is 0.0698. The zero-order valence-corrected chi connectivity index (χ0v) is 6.98. The molecule has 0 amide bonds. The van der Waals surface area contributed by atoms with Crippen LogP contribution in [0, 0.1) is 0 Å². The number of aromatic hydroxyl groups is 1. The van der Waals surface area contributed by atoms with E-state index in [1.807, 2.05) is 0 Å². The van der Waals surface area contributed by atoms with E-state index in [1.165, 1.54) is 18.2 Å². The van der Waals surface area contributed by atoms with Crippen molar-refractivity contribution < 1.29 is 19.8 Å². The van der Waals surface area contributed by atoms with E-state index in [-0.39, 0.29) is 16.5 Å². The minimum atomic E-state index is -1.11. The van der Waals surface area contributed by atoms with Crippen molar-refractivity contribution >= 4 is 20.9 Å². The number of phenolic OH excluding ortho intramolecular Hbond substituents is 1. The maximum Gasteiger partial charge on any atom is 0.335 e. The average Bonchev–Trinajstić information content (AvgIpc) is 2.03. The summed E-state index contributed by atoms with van der Waals surface area (Å²) in [5.74, 6) is -1.15. The largest absolute Gasteiger partial charge is 0.508 e. The zero-order chi connectivity index (χ0) is 9.14. The van der Waals surface area contributed by atoms with E-state index in [2.05, 4.69) is 0 Å². The molecule has 0 aliphatic carbocycles.